The van der Waals surface area contributed by atoms with Crippen LogP contribution in [0.5, 0.6) is 0 Å². The highest BCUT2D eigenvalue weighted by atomic mass is 28.1. The summed E-state index contributed by atoms with van der Waals surface area (Å²) in [5.41, 5.74) is 0. The predicted octanol–water partition coefficient (Wildman–Crippen LogP) is -0.555. The molecule has 24 N–H and O–H groups in total. The first-order chi connectivity index (χ1) is 25.0. The van der Waals surface area contributed by atoms with Crippen molar-refractivity contribution in [2.24, 2.45) is 0 Å². The summed E-state index contributed by atoms with van der Waals surface area (Å²) in [5, 5.41) is 0. The Morgan fingerprint density at radius 3 is 0.0870 bits per heavy atom. The lowest BCUT2D eigenvalue weighted by atomic mass is 11.3. The lowest BCUT2D eigenvalue weighted by molar-refractivity contribution is 0.823. The van der Waals surface area contributed by atoms with Gasteiger partial charge in [-0.1, -0.05) is 0 Å². The normalized spacial score (nSPS) is 1.42. The van der Waals surface area contributed by atoms with E-state index in [-0.39, 0.29) is 142 Å². The molecule has 0 rings (SSSR count). The van der Waals surface area contributed by atoms with E-state index in [1.807, 2.05) is 0 Å². The van der Waals surface area contributed by atoms with Gasteiger partial charge in [-0.25, -0.2) is 0 Å². The zero-order valence-electron chi connectivity index (χ0n) is 41.1. The molecular formula is C50H150O12Si7. The molecular weight excluding hydrogens is 989 g/mol. The van der Waals surface area contributed by atoms with E-state index in [9.17, 15) is 0 Å². The first kappa shape index (κ1) is 657. The summed E-state index contributed by atoms with van der Waals surface area (Å²) in [6.45, 7) is 144. The van der Waals surface area contributed by atoms with E-state index in [4.69, 9.17) is 0 Å². The van der Waals surface area contributed by atoms with Crippen LogP contribution in [0.15, 0.2) is 316 Å². The molecule has 0 aliphatic carbocycles. The van der Waals surface area contributed by atoms with Gasteiger partial charge >= 0.3 is 0 Å². The fourth-order valence-electron chi connectivity index (χ4n) is 0. The van der Waals surface area contributed by atoms with Crippen molar-refractivity contribution in [2.45, 2.75) is 0 Å². The van der Waals surface area contributed by atoms with Gasteiger partial charge in [-0.05, 0) is 76.8 Å². The highest BCUT2D eigenvalue weighted by molar-refractivity contribution is 5.76. The number of rotatable bonds is 0. The van der Waals surface area contributed by atoms with Gasteiger partial charge in [0.15, 0.2) is 0 Å². The van der Waals surface area contributed by atoms with Gasteiger partial charge in [-0.3, -0.25) is 0 Å². The predicted molar refractivity (Wildman–Crippen MR) is 403 cm³/mol. The molecule has 0 saturated carbocycles. The van der Waals surface area contributed by atoms with E-state index in [1.165, 1.54) is 0 Å². The maximum absolute atomic E-state index is 4.00. The Hall–Kier alpha value is -5.64. The van der Waals surface area contributed by atoms with Gasteiger partial charge in [0, 0.05) is 0 Å². The molecule has 450 valence electrons. The fourth-order valence-corrected chi connectivity index (χ4v) is 0. The molecule has 0 aliphatic heterocycles. The molecule has 0 radical (unpaired) electrons. The molecule has 0 saturated heterocycles. The third-order valence-electron chi connectivity index (χ3n) is 0. The van der Waals surface area contributed by atoms with Crippen LogP contribution in [0.4, 0.5) is 0 Å². The van der Waals surface area contributed by atoms with E-state index < -0.39 is 0 Å². The molecule has 0 fully saturated rings. The molecule has 19 heteroatoms. The SMILES string of the molecule is C#C.C=C.C=C.C=C.C=C.C=C.C=C.C=C.C=C.C=C.C=C.C=C.C=C.C=C.C=C.C=C.C=C.C=C.C=C.C=C.C=C.C=C.C=C.C=C.C=C.O.O.O.O.O.O.O.O.O.O.O.O.[SiH4].[SiH4].[SiH4].[SiH4].[SiH4].[SiH4].[SiH4]. The van der Waals surface area contributed by atoms with Crippen molar-refractivity contribution < 1.29 is 65.7 Å². The van der Waals surface area contributed by atoms with E-state index in [2.05, 4.69) is 329 Å². The molecule has 69 heavy (non-hydrogen) atoms. The van der Waals surface area contributed by atoms with Gasteiger partial charge in [0.1, 0.15) is 0 Å². The van der Waals surface area contributed by atoms with Gasteiger partial charge in [0.25, 0.3) is 0 Å². The highest BCUT2D eigenvalue weighted by Gasteiger charge is 0.648. The second-order valence-corrected chi connectivity index (χ2v) is 0. The van der Waals surface area contributed by atoms with Gasteiger partial charge in [0.2, 0.25) is 0 Å². The zero-order chi connectivity index (χ0) is 50.0. The van der Waals surface area contributed by atoms with Crippen molar-refractivity contribution in [2.75, 3.05) is 0 Å². The molecule has 0 amide bonds. The molecule has 0 aromatic carbocycles. The van der Waals surface area contributed by atoms with Crippen molar-refractivity contribution in [3.63, 3.8) is 0 Å². The van der Waals surface area contributed by atoms with Crippen LogP contribution in [0.3, 0.4) is 0 Å². The first-order valence-corrected chi connectivity index (χ1v) is 12.3. The Morgan fingerprint density at radius 1 is 0.0870 bits per heavy atom. The van der Waals surface area contributed by atoms with Crippen molar-refractivity contribution in [1.29, 1.82) is 0 Å². The summed E-state index contributed by atoms with van der Waals surface area (Å²) in [5.74, 6) is 0. The Balaban J connectivity index is -0.00000000222. The molecule has 0 unspecified atom stereocenters. The standard InChI is InChI=1S/24C2H4.C2H2.12H2O.7H4Si/c25*1-2;;;;;;;;;;;;;;;;;;;/h24*1-2H2;1-2H;12*1H2;7*1H4. The van der Waals surface area contributed by atoms with E-state index in [0.717, 1.165) is 0 Å². The van der Waals surface area contributed by atoms with Crippen molar-refractivity contribution >= 4 is 76.8 Å². The van der Waals surface area contributed by atoms with Crippen LogP contribution in [0.25, 0.3) is 0 Å². The Labute approximate surface area is 468 Å². The molecule has 0 aromatic rings. The van der Waals surface area contributed by atoms with E-state index in [1.54, 1.807) is 0 Å². The molecule has 12 nitrogen and oxygen atoms in total. The van der Waals surface area contributed by atoms with E-state index in [0.29, 0.717) is 0 Å². The van der Waals surface area contributed by atoms with Crippen molar-refractivity contribution in [1.82, 2.24) is 0 Å². The minimum Gasteiger partial charge on any atom is -0.412 e. The lowest BCUT2D eigenvalue weighted by Gasteiger charge is -0.813. The van der Waals surface area contributed by atoms with Crippen LogP contribution >= 0.6 is 0 Å². The topological polar surface area (TPSA) is 378 Å². The van der Waals surface area contributed by atoms with Crippen LogP contribution in [-0.4, -0.2) is 142 Å². The van der Waals surface area contributed by atoms with Gasteiger partial charge < -0.3 is 65.7 Å². The van der Waals surface area contributed by atoms with Gasteiger partial charge in [0.05, 0.1) is 0 Å². The summed E-state index contributed by atoms with van der Waals surface area (Å²) < 4.78 is 0. The second-order valence-electron chi connectivity index (χ2n) is 0. The minimum atomic E-state index is 0. The molecule has 0 atom stereocenters. The summed E-state index contributed by atoms with van der Waals surface area (Å²) in [6, 6.07) is 0. The number of terminal acetylenes is 1. The molecule has 0 bridgehead atoms. The average Bonchev–Trinajstić information content (AvgIpc) is 3.37. The third kappa shape index (κ3) is 7140. The molecule has 0 heterocycles. The number of hydrogen-bond donors (Lipinski definition) is 0. The Morgan fingerprint density at radius 2 is 0.0870 bits per heavy atom. The summed E-state index contributed by atoms with van der Waals surface area (Å²) in [7, 11) is 0. The monoisotopic (exact) mass is 1140 g/mol. The largest absolute Gasteiger partial charge is 0.412 e. The average molecular weight is 1140 g/mol. The van der Waals surface area contributed by atoms with E-state index >= 15 is 0 Å². The summed E-state index contributed by atoms with van der Waals surface area (Å²) >= 11 is 0. The second kappa shape index (κ2) is 7380. The van der Waals surface area contributed by atoms with Crippen LogP contribution in [-0.2, 0) is 0 Å². The van der Waals surface area contributed by atoms with Gasteiger partial charge in [-0.2, -0.15) is 0 Å². The molecule has 0 aliphatic rings. The fraction of sp³-hybridized carbons (Fsp3) is 0. The highest BCUT2D eigenvalue weighted by Crippen LogP contribution is 0.909. The zero-order valence-corrected chi connectivity index (χ0v) is 41.1. The maximum atomic E-state index is 4.00. The number of hydrogen-bond acceptors (Lipinski definition) is 0. The third-order valence-corrected chi connectivity index (χ3v) is 0. The maximum Gasteiger partial charge on any atom is -0.0149 e. The van der Waals surface area contributed by atoms with Crippen molar-refractivity contribution in [3.8, 4) is 12.8 Å². The van der Waals surface area contributed by atoms with Crippen molar-refractivity contribution in [3.05, 3.63) is 316 Å². The van der Waals surface area contributed by atoms with Gasteiger partial charge in [-0.15, -0.1) is 329 Å². The quantitative estimate of drug-likeness (QED) is 0.167. The first-order valence-electron chi connectivity index (χ1n) is 12.3. The van der Waals surface area contributed by atoms with Crippen LogP contribution in [0, 0.1) is 12.8 Å². The Bertz CT molecular complexity index is 219. The van der Waals surface area contributed by atoms with Crippen LogP contribution in [0.1, 0.15) is 0 Å². The summed E-state index contributed by atoms with van der Waals surface area (Å²) in [4.78, 5) is 0. The smallest absolute Gasteiger partial charge is 0.0149 e. The van der Waals surface area contributed by atoms with Crippen LogP contribution in [0.2, 0.25) is 0 Å². The lowest BCUT2D eigenvalue weighted by Crippen LogP contribution is -0.576. The summed E-state index contributed by atoms with van der Waals surface area (Å²) in [6.07, 6.45) is 8.00. The Kier molecular flexibility index (Phi) is 70300. The molecule has 0 spiro atoms. The molecule has 0 aromatic heterocycles. The minimum absolute atomic E-state index is 0. The van der Waals surface area contributed by atoms with Crippen LogP contribution < -0.4 is 0 Å².